The standard InChI is InChI=1S/2C56H32O/c2*1-2-9-33(10-3-1)54-47(39-25-28-51-48(29-39)43-16-4-5-18-50(43)57-51)31-41(46-30-40-15-7-13-35-19-21-37-14-8-17-44(46)55(37)53(35)40)32-49(54)42-26-23-38-22-20-34-11-6-12-36-24-27-45(42)56(38)52(34)36/h2*1-32H/i1D,2D,3D,4D,5D,6D,7D,8D,9D,10D,11D,12D,13D,14D,15D,16D,17D,18D,19D,20D,21D,22D,23D,24D,25D,26D,27D,28D,29D,30D,31D;6D,7D,8D,11D,12D,13D,14D,15D,17D,19D,20D,21D,22D,23D,24D,26D,27D,30D. The van der Waals surface area contributed by atoms with Crippen LogP contribution in [0.5, 0.6) is 0 Å². The molecule has 0 aliphatic carbocycles. The van der Waals surface area contributed by atoms with Gasteiger partial charge in [0.15, 0.2) is 0 Å². The van der Waals surface area contributed by atoms with E-state index in [9.17, 15) is 32.9 Å². The van der Waals surface area contributed by atoms with Crippen LogP contribution in [-0.2, 0) is 0 Å². The smallest absolute Gasteiger partial charge is 0.135 e. The van der Waals surface area contributed by atoms with Gasteiger partial charge in [-0.1, -0.05) is 314 Å². The maximum Gasteiger partial charge on any atom is 0.135 e. The number of hydrogen-bond acceptors (Lipinski definition) is 2. The summed E-state index contributed by atoms with van der Waals surface area (Å²) in [5.41, 5.74) is -5.04. The molecule has 0 bridgehead atoms. The largest absolute Gasteiger partial charge is 0.456 e. The molecule has 524 valence electrons. The van der Waals surface area contributed by atoms with Crippen molar-refractivity contribution in [3.05, 3.63) is 387 Å². The van der Waals surface area contributed by atoms with Crippen molar-refractivity contribution in [1.82, 2.24) is 0 Å². The van der Waals surface area contributed by atoms with Gasteiger partial charge in [0.25, 0.3) is 0 Å². The number of rotatable bonds is 8. The van der Waals surface area contributed by atoms with Crippen molar-refractivity contribution >= 4 is 173 Å². The maximum absolute atomic E-state index is 10.7. The third kappa shape index (κ3) is 9.37. The summed E-state index contributed by atoms with van der Waals surface area (Å²) < 4.78 is 469. The van der Waals surface area contributed by atoms with E-state index in [2.05, 4.69) is 0 Å². The molecular formula is C112H64O2. The molecule has 24 aromatic carbocycles. The van der Waals surface area contributed by atoms with Crippen LogP contribution < -0.4 is 0 Å². The number of fused-ring (bicyclic) bond motifs is 6. The quantitative estimate of drug-likeness (QED) is 0.142. The Morgan fingerprint density at radius 1 is 0.167 bits per heavy atom. The first-order valence-corrected chi connectivity index (χ1v) is 35.5. The predicted octanol–water partition coefficient (Wildman–Crippen LogP) is 32.1. The van der Waals surface area contributed by atoms with E-state index in [1.54, 1.807) is 42.5 Å². The Morgan fingerprint density at radius 2 is 0.588 bits per heavy atom. The number of benzene rings is 24. The van der Waals surface area contributed by atoms with Crippen LogP contribution in [0.15, 0.2) is 396 Å². The lowest BCUT2D eigenvalue weighted by Crippen LogP contribution is -1.95. The second kappa shape index (κ2) is 24.3. The summed E-state index contributed by atoms with van der Waals surface area (Å²) >= 11 is 0. The van der Waals surface area contributed by atoms with Gasteiger partial charge in [-0.25, -0.2) is 0 Å². The maximum atomic E-state index is 10.7. The van der Waals surface area contributed by atoms with Crippen molar-refractivity contribution < 1.29 is 76.0 Å². The molecule has 0 fully saturated rings. The number of hydrogen-bond donors (Lipinski definition) is 0. The van der Waals surface area contributed by atoms with Crippen molar-refractivity contribution in [2.75, 3.05) is 0 Å². The summed E-state index contributed by atoms with van der Waals surface area (Å²) in [5.74, 6) is 0. The Labute approximate surface area is 723 Å². The van der Waals surface area contributed by atoms with E-state index in [1.165, 1.54) is 0 Å². The van der Waals surface area contributed by atoms with Crippen LogP contribution in [0, 0.1) is 0 Å². The molecule has 2 aromatic heterocycles. The van der Waals surface area contributed by atoms with Gasteiger partial charge in [-0.2, -0.15) is 0 Å². The Hall–Kier alpha value is -15.0. The predicted molar refractivity (Wildman–Crippen MR) is 486 cm³/mol. The average molecular weight is 1490 g/mol. The fraction of sp³-hybridized carbons (Fsp3) is 0. The minimum Gasteiger partial charge on any atom is -0.456 e. The van der Waals surface area contributed by atoms with Crippen LogP contribution in [0.25, 0.3) is 262 Å². The molecule has 26 aromatic rings. The number of para-hydroxylation sites is 2. The first-order valence-electron chi connectivity index (χ1n) is 60.0. The van der Waals surface area contributed by atoms with E-state index >= 15 is 0 Å². The summed E-state index contributed by atoms with van der Waals surface area (Å²) in [6.45, 7) is 0. The fourth-order valence-electron chi connectivity index (χ4n) is 16.3. The highest BCUT2D eigenvalue weighted by Crippen LogP contribution is 2.53. The molecule has 2 nitrogen and oxygen atoms in total. The van der Waals surface area contributed by atoms with Gasteiger partial charge in [0.1, 0.15) is 22.3 Å². The molecule has 26 rings (SSSR count). The van der Waals surface area contributed by atoms with Gasteiger partial charge in [-0.05, 0) is 291 Å². The second-order valence-electron chi connectivity index (χ2n) is 27.2. The second-order valence-corrected chi connectivity index (χ2v) is 27.2. The Bertz CT molecular complexity index is 11600. The molecular weight excluding hydrogens is 1380 g/mol. The van der Waals surface area contributed by atoms with E-state index in [1.807, 2.05) is 42.5 Å². The first-order chi connectivity index (χ1) is 77.0. The lowest BCUT2D eigenvalue weighted by molar-refractivity contribution is 0.668. The van der Waals surface area contributed by atoms with Crippen LogP contribution in [0.2, 0.25) is 0 Å². The molecule has 0 saturated heterocycles. The monoisotopic (exact) mass is 1490 g/mol. The molecule has 0 unspecified atom stereocenters. The topological polar surface area (TPSA) is 26.3 Å². The molecule has 0 aliphatic rings. The van der Waals surface area contributed by atoms with Gasteiger partial charge >= 0.3 is 0 Å². The summed E-state index contributed by atoms with van der Waals surface area (Å²) in [6, 6.07) is -12.5. The molecule has 0 spiro atoms. The molecule has 0 aliphatic heterocycles. The molecule has 0 amide bonds. The lowest BCUT2D eigenvalue weighted by Gasteiger charge is -2.22. The molecule has 2 heterocycles. The van der Waals surface area contributed by atoms with Crippen molar-refractivity contribution in [3.63, 3.8) is 0 Å². The molecule has 0 N–H and O–H groups in total. The first kappa shape index (κ1) is 32.2. The summed E-state index contributed by atoms with van der Waals surface area (Å²) in [5, 5.41) is -7.61. The van der Waals surface area contributed by atoms with Crippen LogP contribution >= 0.6 is 0 Å². The lowest BCUT2D eigenvalue weighted by atomic mass is 9.81. The molecule has 114 heavy (non-hydrogen) atoms. The third-order valence-corrected chi connectivity index (χ3v) is 21.2. The average Bonchev–Trinajstić information content (AvgIpc) is 1.03. The minimum absolute atomic E-state index is 0.0356. The van der Waals surface area contributed by atoms with Gasteiger partial charge in [0.2, 0.25) is 0 Å². The molecule has 2 heteroatoms. The van der Waals surface area contributed by atoms with E-state index in [0.29, 0.717) is 38.8 Å². The normalized spacial score (nSPS) is 18.2. The van der Waals surface area contributed by atoms with Gasteiger partial charge in [0.05, 0.1) is 67.2 Å². The van der Waals surface area contributed by atoms with Crippen LogP contribution in [0.3, 0.4) is 0 Å². The Balaban J connectivity index is 0.000000167. The third-order valence-electron chi connectivity index (χ3n) is 21.2. The van der Waals surface area contributed by atoms with Crippen LogP contribution in [0.1, 0.15) is 67.2 Å². The van der Waals surface area contributed by atoms with E-state index < -0.39 is 422 Å². The molecule has 0 atom stereocenters. The zero-order valence-electron chi connectivity index (χ0n) is 107. The highest BCUT2D eigenvalue weighted by atomic mass is 16.3. The highest BCUT2D eigenvalue weighted by Gasteiger charge is 2.27. The van der Waals surface area contributed by atoms with Crippen molar-refractivity contribution in [2.45, 2.75) is 0 Å². The summed E-state index contributed by atoms with van der Waals surface area (Å²) in [4.78, 5) is 0. The minimum atomic E-state index is -1.11. The Morgan fingerprint density at radius 3 is 1.18 bits per heavy atom. The molecule has 0 radical (unpaired) electrons. The Kier molecular flexibility index (Phi) is 6.85. The van der Waals surface area contributed by atoms with Gasteiger partial charge in [-0.15, -0.1) is 0 Å². The van der Waals surface area contributed by atoms with E-state index in [0.717, 1.165) is 11.5 Å². The fourth-order valence-corrected chi connectivity index (χ4v) is 16.3. The zero-order valence-corrected chi connectivity index (χ0v) is 58.0. The van der Waals surface area contributed by atoms with E-state index in [4.69, 9.17) is 43.1 Å². The summed E-state index contributed by atoms with van der Waals surface area (Å²) in [7, 11) is 0. The van der Waals surface area contributed by atoms with Crippen molar-refractivity contribution in [3.8, 4) is 89.0 Å². The SMILES string of the molecule is [2H]c1c([2H])c([2H])c(-c2c(-c3c([2H])c([2H])c4c([2H])c([2H])c5c([2H])c([2H])c([2H])c6c([2H])c([2H])c3c4c56)cc(-c3c([2H])c4c([2H])c([2H])c([2H])c5c([2H])c([2H])c6c([2H])c([2H])c([2H])c3c6c54)c([2H])c2-c2c([2H])c([2H])c3oc4c([2H])c([2H])c([2H])c([2H])c4c3c2[2H])c([2H])c1[2H].[2H]c1c([2H])c2c([2H])c([2H])c3c([2H])c([2H])c(-c4cc(-c5c([2H])c6c([2H])c([2H])c([2H])c7c([2H])c([2H])c8c([2H])c([2H])c([2H])c5c8c76)cc(-c5ccc6oc7ccccc7c6c5)c4-c4ccccc4)c4c([2H])c([2H])c(c1[2H])c2c34. The molecule has 0 saturated carbocycles. The van der Waals surface area contributed by atoms with Gasteiger partial charge < -0.3 is 8.83 Å². The van der Waals surface area contributed by atoms with Crippen LogP contribution in [-0.4, -0.2) is 0 Å². The zero-order chi connectivity index (χ0) is 117. The van der Waals surface area contributed by atoms with Gasteiger partial charge in [0, 0.05) is 21.5 Å². The highest BCUT2D eigenvalue weighted by molar-refractivity contribution is 6.31. The number of furan rings is 2. The van der Waals surface area contributed by atoms with Gasteiger partial charge in [-0.3, -0.25) is 0 Å². The van der Waals surface area contributed by atoms with Crippen molar-refractivity contribution in [1.29, 1.82) is 0 Å². The van der Waals surface area contributed by atoms with Crippen molar-refractivity contribution in [2.24, 2.45) is 0 Å². The van der Waals surface area contributed by atoms with E-state index in [-0.39, 0.29) is 92.3 Å². The summed E-state index contributed by atoms with van der Waals surface area (Å²) in [6.07, 6.45) is 0. The van der Waals surface area contributed by atoms with Crippen LogP contribution in [0.4, 0.5) is 0 Å².